The maximum Gasteiger partial charge on any atom is 0.0501 e. The van der Waals surface area contributed by atoms with Crippen molar-refractivity contribution < 1.29 is 4.52 Å². The van der Waals surface area contributed by atoms with Crippen molar-refractivity contribution in [3.05, 3.63) is 69.8 Å². The fourth-order valence-corrected chi connectivity index (χ4v) is 3.65. The molecule has 2 rings (SSSR count). The molecule has 0 aliphatic heterocycles. The fourth-order valence-electron chi connectivity index (χ4n) is 3.48. The van der Waals surface area contributed by atoms with Crippen LogP contribution in [-0.4, -0.2) is 6.61 Å². The zero-order valence-electron chi connectivity index (χ0n) is 14.9. The lowest BCUT2D eigenvalue weighted by Gasteiger charge is -2.20. The molecule has 0 bridgehead atoms. The first-order valence-electron chi connectivity index (χ1n) is 8.47. The first kappa shape index (κ1) is 18.2. The van der Waals surface area contributed by atoms with Crippen LogP contribution in [0.15, 0.2) is 36.4 Å². The average molecular weight is 328 g/mol. The van der Waals surface area contributed by atoms with Gasteiger partial charge in [-0.1, -0.05) is 65.1 Å². The Hall–Kier alpha value is -1.17. The summed E-state index contributed by atoms with van der Waals surface area (Å²) in [5.74, 6) is 0.469. The molecular weight excluding hydrogens is 299 g/mol. The molecule has 0 saturated heterocycles. The Morgan fingerprint density at radius 3 is 1.57 bits per heavy atom. The molecule has 1 atom stereocenters. The van der Waals surface area contributed by atoms with Crippen LogP contribution in [-0.2, 0) is 4.52 Å². The zero-order valence-corrected chi connectivity index (χ0v) is 16.0. The van der Waals surface area contributed by atoms with Gasteiger partial charge < -0.3 is 4.52 Å². The maximum absolute atomic E-state index is 5.13. The highest BCUT2D eigenvalue weighted by Crippen LogP contribution is 2.32. The van der Waals surface area contributed by atoms with Gasteiger partial charge in [0.05, 0.1) is 6.61 Å². The molecule has 124 valence electrons. The van der Waals surface area contributed by atoms with Crippen LogP contribution in [0.4, 0.5) is 0 Å². The fraction of sp³-hybridized carbons (Fsp3) is 0.429. The van der Waals surface area contributed by atoms with Gasteiger partial charge in [0.15, 0.2) is 0 Å². The van der Waals surface area contributed by atoms with E-state index in [1.807, 2.05) is 0 Å². The van der Waals surface area contributed by atoms with Crippen LogP contribution < -0.4 is 0 Å². The second-order valence-corrected chi connectivity index (χ2v) is 7.09. The van der Waals surface area contributed by atoms with E-state index in [4.69, 9.17) is 4.52 Å². The molecule has 0 aliphatic rings. The smallest absolute Gasteiger partial charge is 0.0501 e. The molecule has 0 fully saturated rings. The van der Waals surface area contributed by atoms with E-state index in [9.17, 15) is 0 Å². The number of hydrogen-bond acceptors (Lipinski definition) is 1. The Morgan fingerprint density at radius 2 is 1.17 bits per heavy atom. The van der Waals surface area contributed by atoms with Gasteiger partial charge in [0.2, 0.25) is 0 Å². The molecule has 2 aromatic rings. The molecule has 0 heterocycles. The standard InChI is InChI=1S/C21H29OP/c1-15-9-16(2)12-19(11-15)21(7-5-6-8-22-23)20-13-17(3)10-18(4)14-20/h9-14,21H,5-8,23H2,1-4H3. The molecule has 0 spiro atoms. The third-order valence-electron chi connectivity index (χ3n) is 4.30. The highest BCUT2D eigenvalue weighted by Gasteiger charge is 2.15. The van der Waals surface area contributed by atoms with E-state index >= 15 is 0 Å². The molecule has 0 N–H and O–H groups in total. The number of unbranched alkanes of at least 4 members (excludes halogenated alkanes) is 1. The zero-order chi connectivity index (χ0) is 16.8. The van der Waals surface area contributed by atoms with E-state index in [2.05, 4.69) is 73.6 Å². The van der Waals surface area contributed by atoms with Crippen LogP contribution >= 0.6 is 9.47 Å². The monoisotopic (exact) mass is 328 g/mol. The Bertz CT molecular complexity index is 556. The predicted molar refractivity (Wildman–Crippen MR) is 103 cm³/mol. The minimum Gasteiger partial charge on any atom is -0.366 e. The van der Waals surface area contributed by atoms with Gasteiger partial charge in [-0.15, -0.1) is 0 Å². The highest BCUT2D eigenvalue weighted by atomic mass is 31.0. The summed E-state index contributed by atoms with van der Waals surface area (Å²) in [4.78, 5) is 0. The van der Waals surface area contributed by atoms with Gasteiger partial charge in [0, 0.05) is 15.4 Å². The SMILES string of the molecule is Cc1cc(C)cc(C(CCCCOP)c2cc(C)cc(C)c2)c1. The average Bonchev–Trinajstić information content (AvgIpc) is 2.45. The lowest BCUT2D eigenvalue weighted by Crippen LogP contribution is -2.04. The number of hydrogen-bond donors (Lipinski definition) is 0. The van der Waals surface area contributed by atoms with E-state index in [1.54, 1.807) is 0 Å². The van der Waals surface area contributed by atoms with Crippen LogP contribution in [0.3, 0.4) is 0 Å². The normalized spacial score (nSPS) is 11.2. The van der Waals surface area contributed by atoms with Crippen molar-refractivity contribution in [1.82, 2.24) is 0 Å². The van der Waals surface area contributed by atoms with Gasteiger partial charge in [-0.05, 0) is 51.7 Å². The van der Waals surface area contributed by atoms with Crippen LogP contribution in [0.1, 0.15) is 58.6 Å². The summed E-state index contributed by atoms with van der Waals surface area (Å²) in [7, 11) is 2.34. The second-order valence-electron chi connectivity index (χ2n) is 6.76. The highest BCUT2D eigenvalue weighted by molar-refractivity contribution is 7.09. The molecule has 0 radical (unpaired) electrons. The van der Waals surface area contributed by atoms with Crippen molar-refractivity contribution in [2.24, 2.45) is 0 Å². The Morgan fingerprint density at radius 1 is 0.739 bits per heavy atom. The topological polar surface area (TPSA) is 9.23 Å². The minimum atomic E-state index is 0.469. The van der Waals surface area contributed by atoms with E-state index in [-0.39, 0.29) is 0 Å². The summed E-state index contributed by atoms with van der Waals surface area (Å²) >= 11 is 0. The molecule has 0 aromatic heterocycles. The molecule has 0 aliphatic carbocycles. The lowest BCUT2D eigenvalue weighted by molar-refractivity contribution is 0.353. The number of aryl methyl sites for hydroxylation is 4. The third kappa shape index (κ3) is 5.44. The first-order valence-corrected chi connectivity index (χ1v) is 8.95. The molecule has 0 saturated carbocycles. The van der Waals surface area contributed by atoms with Crippen molar-refractivity contribution in [2.45, 2.75) is 52.9 Å². The van der Waals surface area contributed by atoms with Crippen LogP contribution in [0.25, 0.3) is 0 Å². The number of rotatable bonds is 7. The minimum absolute atomic E-state index is 0.469. The van der Waals surface area contributed by atoms with Crippen molar-refractivity contribution in [2.75, 3.05) is 6.61 Å². The lowest BCUT2D eigenvalue weighted by atomic mass is 9.84. The summed E-state index contributed by atoms with van der Waals surface area (Å²) in [5, 5.41) is 0. The van der Waals surface area contributed by atoms with Gasteiger partial charge in [0.25, 0.3) is 0 Å². The van der Waals surface area contributed by atoms with Crippen LogP contribution in [0, 0.1) is 27.7 Å². The summed E-state index contributed by atoms with van der Waals surface area (Å²) < 4.78 is 5.13. The molecular formula is C21H29OP. The largest absolute Gasteiger partial charge is 0.366 e. The Labute approximate surface area is 143 Å². The number of benzene rings is 2. The van der Waals surface area contributed by atoms with Gasteiger partial charge in [-0.2, -0.15) is 0 Å². The molecule has 2 heteroatoms. The van der Waals surface area contributed by atoms with E-state index < -0.39 is 0 Å². The van der Waals surface area contributed by atoms with Gasteiger partial charge in [0.1, 0.15) is 0 Å². The summed E-state index contributed by atoms with van der Waals surface area (Å²) in [6.45, 7) is 9.58. The van der Waals surface area contributed by atoms with Gasteiger partial charge in [-0.3, -0.25) is 0 Å². The summed E-state index contributed by atoms with van der Waals surface area (Å²) in [5.41, 5.74) is 8.29. The van der Waals surface area contributed by atoms with E-state index in [1.165, 1.54) is 46.2 Å². The first-order chi connectivity index (χ1) is 11.0. The van der Waals surface area contributed by atoms with Crippen molar-refractivity contribution in [3.63, 3.8) is 0 Å². The molecule has 1 nitrogen and oxygen atoms in total. The van der Waals surface area contributed by atoms with Crippen LogP contribution in [0.2, 0.25) is 0 Å². The van der Waals surface area contributed by atoms with E-state index in [0.717, 1.165) is 13.0 Å². The second kappa shape index (κ2) is 8.62. The third-order valence-corrected chi connectivity index (χ3v) is 4.53. The van der Waals surface area contributed by atoms with E-state index in [0.29, 0.717) is 5.92 Å². The quantitative estimate of drug-likeness (QED) is 0.445. The molecule has 23 heavy (non-hydrogen) atoms. The summed E-state index contributed by atoms with van der Waals surface area (Å²) in [6, 6.07) is 13.9. The maximum atomic E-state index is 5.13. The van der Waals surface area contributed by atoms with Crippen molar-refractivity contribution in [3.8, 4) is 0 Å². The van der Waals surface area contributed by atoms with Crippen molar-refractivity contribution >= 4 is 9.47 Å². The van der Waals surface area contributed by atoms with Crippen LogP contribution in [0.5, 0.6) is 0 Å². The Kier molecular flexibility index (Phi) is 6.81. The van der Waals surface area contributed by atoms with Gasteiger partial charge in [-0.25, -0.2) is 0 Å². The summed E-state index contributed by atoms with van der Waals surface area (Å²) in [6.07, 6.45) is 3.45. The Balaban J connectivity index is 2.34. The molecule has 1 unspecified atom stereocenters. The van der Waals surface area contributed by atoms with Crippen molar-refractivity contribution in [1.29, 1.82) is 0 Å². The predicted octanol–water partition coefficient (Wildman–Crippen LogP) is 6.03. The molecule has 2 aromatic carbocycles. The molecule has 0 amide bonds. The van der Waals surface area contributed by atoms with Gasteiger partial charge >= 0.3 is 0 Å².